The van der Waals surface area contributed by atoms with Crippen LogP contribution < -0.4 is 5.32 Å². The first-order valence-corrected chi connectivity index (χ1v) is 7.42. The maximum absolute atomic E-state index is 12.8. The topological polar surface area (TPSA) is 12.0 Å². The first-order chi connectivity index (χ1) is 9.43. The molecule has 2 aliphatic carbocycles. The first-order valence-electron chi connectivity index (χ1n) is 7.04. The summed E-state index contributed by atoms with van der Waals surface area (Å²) in [4.78, 5) is 0. The van der Waals surface area contributed by atoms with Crippen molar-refractivity contribution >= 4 is 17.3 Å². The Morgan fingerprint density at radius 3 is 2.60 bits per heavy atom. The number of benzene rings is 1. The number of halogens is 4. The molecule has 0 aromatic heterocycles. The molecule has 1 nitrogen and oxygen atoms in total. The largest absolute Gasteiger partial charge is 0.417 e. The number of nitrogens with one attached hydrogen (secondary N) is 1. The van der Waals surface area contributed by atoms with E-state index in [1.54, 1.807) is 6.07 Å². The minimum atomic E-state index is -4.40. The highest BCUT2D eigenvalue weighted by atomic mass is 35.5. The molecule has 0 spiro atoms. The third-order valence-corrected chi connectivity index (χ3v) is 5.05. The van der Waals surface area contributed by atoms with Crippen LogP contribution in [0.25, 0.3) is 0 Å². The van der Waals surface area contributed by atoms with Crippen molar-refractivity contribution in [1.82, 2.24) is 0 Å². The summed E-state index contributed by atoms with van der Waals surface area (Å²) in [7, 11) is 0. The summed E-state index contributed by atoms with van der Waals surface area (Å²) in [5, 5.41) is 2.91. The summed E-state index contributed by atoms with van der Waals surface area (Å²) < 4.78 is 38.3. The van der Waals surface area contributed by atoms with E-state index in [-0.39, 0.29) is 5.02 Å². The number of alkyl halides is 3. The average Bonchev–Trinajstić information content (AvgIpc) is 2.98. The van der Waals surface area contributed by atoms with Crippen LogP contribution in [0.1, 0.15) is 31.2 Å². The lowest BCUT2D eigenvalue weighted by molar-refractivity contribution is -0.137. The SMILES string of the molecule is FC(F)(F)c1cc(NCC2CC3CCC2C3)ccc1Cl. The van der Waals surface area contributed by atoms with Crippen LogP contribution in [-0.4, -0.2) is 6.54 Å². The van der Waals surface area contributed by atoms with Gasteiger partial charge in [0.25, 0.3) is 0 Å². The second-order valence-electron chi connectivity index (χ2n) is 6.01. The summed E-state index contributed by atoms with van der Waals surface area (Å²) >= 11 is 5.61. The molecular weight excluding hydrogens is 287 g/mol. The van der Waals surface area contributed by atoms with Crippen LogP contribution in [0, 0.1) is 17.8 Å². The lowest BCUT2D eigenvalue weighted by Gasteiger charge is -2.22. The van der Waals surface area contributed by atoms with E-state index in [1.165, 1.54) is 31.7 Å². The number of hydrogen-bond acceptors (Lipinski definition) is 1. The third kappa shape index (κ3) is 2.76. The van der Waals surface area contributed by atoms with Crippen LogP contribution in [0.15, 0.2) is 18.2 Å². The Morgan fingerprint density at radius 1 is 1.20 bits per heavy atom. The van der Waals surface area contributed by atoms with Crippen molar-refractivity contribution in [3.05, 3.63) is 28.8 Å². The standard InChI is InChI=1S/C15H17ClF3N/c16-14-4-3-12(7-13(14)15(17,18)19)20-8-11-6-9-1-2-10(11)5-9/h3-4,7,9-11,20H,1-2,5-6,8H2. The molecule has 3 unspecified atom stereocenters. The van der Waals surface area contributed by atoms with Crippen molar-refractivity contribution in [2.45, 2.75) is 31.9 Å². The molecule has 2 fully saturated rings. The fourth-order valence-corrected chi connectivity index (χ4v) is 3.95. The molecule has 1 aromatic rings. The molecule has 0 aliphatic heterocycles. The van der Waals surface area contributed by atoms with Crippen LogP contribution in [-0.2, 0) is 6.18 Å². The Bertz CT molecular complexity index is 500. The van der Waals surface area contributed by atoms with Gasteiger partial charge in [0.2, 0.25) is 0 Å². The molecule has 1 aromatic carbocycles. The highest BCUT2D eigenvalue weighted by Crippen LogP contribution is 2.48. The van der Waals surface area contributed by atoms with Crippen molar-refractivity contribution in [3.63, 3.8) is 0 Å². The smallest absolute Gasteiger partial charge is 0.385 e. The fourth-order valence-electron chi connectivity index (χ4n) is 3.73. The Hall–Kier alpha value is -0.900. The minimum absolute atomic E-state index is 0.247. The predicted octanol–water partition coefficient (Wildman–Crippen LogP) is 5.21. The van der Waals surface area contributed by atoms with Gasteiger partial charge in [0.1, 0.15) is 0 Å². The zero-order chi connectivity index (χ0) is 14.3. The van der Waals surface area contributed by atoms with Crippen LogP contribution in [0.3, 0.4) is 0 Å². The van der Waals surface area contributed by atoms with Crippen LogP contribution in [0.5, 0.6) is 0 Å². The molecule has 2 aliphatic rings. The van der Waals surface area contributed by atoms with E-state index in [0.29, 0.717) is 11.6 Å². The Balaban J connectivity index is 1.66. The van der Waals surface area contributed by atoms with Gasteiger partial charge in [-0.15, -0.1) is 0 Å². The highest BCUT2D eigenvalue weighted by Gasteiger charge is 2.39. The molecule has 110 valence electrons. The van der Waals surface area contributed by atoms with Gasteiger partial charge in [-0.3, -0.25) is 0 Å². The molecular formula is C15H17ClF3N. The number of rotatable bonds is 3. The summed E-state index contributed by atoms with van der Waals surface area (Å²) in [5.74, 6) is 2.23. The van der Waals surface area contributed by atoms with Gasteiger partial charge in [-0.25, -0.2) is 0 Å². The van der Waals surface area contributed by atoms with Crippen LogP contribution in [0.2, 0.25) is 5.02 Å². The number of fused-ring (bicyclic) bond motifs is 2. The van der Waals surface area contributed by atoms with Crippen molar-refractivity contribution < 1.29 is 13.2 Å². The van der Waals surface area contributed by atoms with Crippen LogP contribution >= 0.6 is 11.6 Å². The van der Waals surface area contributed by atoms with E-state index >= 15 is 0 Å². The van der Waals surface area contributed by atoms with Gasteiger partial charge in [-0.05, 0) is 55.2 Å². The Labute approximate surface area is 121 Å². The van der Waals surface area contributed by atoms with Gasteiger partial charge < -0.3 is 5.32 Å². The molecule has 0 radical (unpaired) electrons. The Morgan fingerprint density at radius 2 is 2.00 bits per heavy atom. The second-order valence-corrected chi connectivity index (χ2v) is 6.42. The van der Waals surface area contributed by atoms with E-state index in [0.717, 1.165) is 24.4 Å². The van der Waals surface area contributed by atoms with Gasteiger partial charge in [-0.2, -0.15) is 13.2 Å². The van der Waals surface area contributed by atoms with Crippen molar-refractivity contribution in [2.75, 3.05) is 11.9 Å². The molecule has 20 heavy (non-hydrogen) atoms. The normalized spacial score (nSPS) is 28.9. The zero-order valence-electron chi connectivity index (χ0n) is 11.0. The fraction of sp³-hybridized carbons (Fsp3) is 0.600. The third-order valence-electron chi connectivity index (χ3n) is 4.72. The molecule has 2 bridgehead atoms. The zero-order valence-corrected chi connectivity index (χ0v) is 11.8. The molecule has 3 rings (SSSR count). The minimum Gasteiger partial charge on any atom is -0.385 e. The van der Waals surface area contributed by atoms with Gasteiger partial charge in [0.15, 0.2) is 0 Å². The second kappa shape index (κ2) is 5.14. The van der Waals surface area contributed by atoms with E-state index in [4.69, 9.17) is 11.6 Å². The molecule has 5 heteroatoms. The molecule has 2 saturated carbocycles. The lowest BCUT2D eigenvalue weighted by Crippen LogP contribution is -2.20. The van der Waals surface area contributed by atoms with Gasteiger partial charge in [0, 0.05) is 12.2 Å². The van der Waals surface area contributed by atoms with E-state index in [9.17, 15) is 13.2 Å². The average molecular weight is 304 g/mol. The van der Waals surface area contributed by atoms with Crippen molar-refractivity contribution in [1.29, 1.82) is 0 Å². The van der Waals surface area contributed by atoms with E-state index in [1.807, 2.05) is 0 Å². The van der Waals surface area contributed by atoms with Crippen molar-refractivity contribution in [3.8, 4) is 0 Å². The number of hydrogen-bond donors (Lipinski definition) is 1. The van der Waals surface area contributed by atoms with Gasteiger partial charge >= 0.3 is 6.18 Å². The number of anilines is 1. The van der Waals surface area contributed by atoms with Crippen molar-refractivity contribution in [2.24, 2.45) is 17.8 Å². The lowest BCUT2D eigenvalue weighted by atomic mass is 9.89. The summed E-state index contributed by atoms with van der Waals surface area (Å²) in [5.41, 5.74) is -0.262. The highest BCUT2D eigenvalue weighted by molar-refractivity contribution is 6.31. The Kier molecular flexibility index (Phi) is 3.61. The summed E-state index contributed by atoms with van der Waals surface area (Å²) in [6.07, 6.45) is 0.741. The van der Waals surface area contributed by atoms with E-state index < -0.39 is 11.7 Å². The first kappa shape index (κ1) is 14.1. The molecule has 1 N–H and O–H groups in total. The maximum Gasteiger partial charge on any atom is 0.417 e. The predicted molar refractivity (Wildman–Crippen MR) is 73.9 cm³/mol. The quantitative estimate of drug-likeness (QED) is 0.808. The van der Waals surface area contributed by atoms with Gasteiger partial charge in [0.05, 0.1) is 10.6 Å². The van der Waals surface area contributed by atoms with E-state index in [2.05, 4.69) is 5.32 Å². The molecule has 0 heterocycles. The molecule has 0 amide bonds. The molecule has 0 saturated heterocycles. The van der Waals surface area contributed by atoms with Crippen LogP contribution in [0.4, 0.5) is 18.9 Å². The summed E-state index contributed by atoms with van der Waals surface area (Å²) in [6.45, 7) is 0.764. The molecule has 3 atom stereocenters. The maximum atomic E-state index is 12.8. The van der Waals surface area contributed by atoms with Gasteiger partial charge in [-0.1, -0.05) is 18.0 Å². The monoisotopic (exact) mass is 303 g/mol. The summed E-state index contributed by atoms with van der Waals surface area (Å²) in [6, 6.07) is 4.04.